The van der Waals surface area contributed by atoms with Gasteiger partial charge in [0.25, 0.3) is 5.91 Å². The minimum Gasteiger partial charge on any atom is -0.336 e. The third-order valence-electron chi connectivity index (χ3n) is 5.03. The van der Waals surface area contributed by atoms with Crippen LogP contribution in [0.15, 0.2) is 42.7 Å². The lowest BCUT2D eigenvalue weighted by atomic mass is 10.1. The average Bonchev–Trinajstić information content (AvgIpc) is 3.26. The Bertz CT molecular complexity index is 1080. The Morgan fingerprint density at radius 2 is 1.88 bits per heavy atom. The molecular weight excluding hydrogens is 430 g/mol. The van der Waals surface area contributed by atoms with Gasteiger partial charge >= 0.3 is 6.18 Å². The van der Waals surface area contributed by atoms with E-state index < -0.39 is 29.0 Å². The highest BCUT2D eigenvalue weighted by Crippen LogP contribution is 2.32. The summed E-state index contributed by atoms with van der Waals surface area (Å²) in [7, 11) is 0. The van der Waals surface area contributed by atoms with Crippen molar-refractivity contribution in [3.05, 3.63) is 65.5 Å². The standard InChI is InChI=1S/C20H19F4N7O/c21-18-13(2-1-3-14(18)20(22,23)24)19(32)31-10-8-30(9-11-31)12-17-25-6-4-15(28-17)27-16-5-7-26-29-16/h1-7H,8-12H2,(H2,25,26,27,28,29). The second kappa shape index (κ2) is 8.91. The third kappa shape index (κ3) is 4.85. The maximum atomic E-state index is 14.3. The van der Waals surface area contributed by atoms with Gasteiger partial charge in [-0.1, -0.05) is 6.07 Å². The highest BCUT2D eigenvalue weighted by Gasteiger charge is 2.36. The van der Waals surface area contributed by atoms with Gasteiger partial charge in [0, 0.05) is 38.4 Å². The molecule has 32 heavy (non-hydrogen) atoms. The molecule has 168 valence electrons. The predicted molar refractivity (Wildman–Crippen MR) is 106 cm³/mol. The van der Waals surface area contributed by atoms with Gasteiger partial charge in [-0.15, -0.1) is 0 Å². The summed E-state index contributed by atoms with van der Waals surface area (Å²) in [6.07, 6.45) is -1.63. The summed E-state index contributed by atoms with van der Waals surface area (Å²) in [6, 6.07) is 6.21. The van der Waals surface area contributed by atoms with Crippen molar-refractivity contribution in [2.75, 3.05) is 31.5 Å². The number of carbonyl (C=O) groups is 1. The van der Waals surface area contributed by atoms with Gasteiger partial charge in [-0.2, -0.15) is 18.3 Å². The number of amides is 1. The number of H-pyrrole nitrogens is 1. The van der Waals surface area contributed by atoms with Gasteiger partial charge in [0.2, 0.25) is 0 Å². The van der Waals surface area contributed by atoms with Crippen molar-refractivity contribution in [1.29, 1.82) is 0 Å². The van der Waals surface area contributed by atoms with E-state index in [1.807, 2.05) is 4.90 Å². The number of hydrogen-bond donors (Lipinski definition) is 2. The zero-order valence-electron chi connectivity index (χ0n) is 16.7. The highest BCUT2D eigenvalue weighted by atomic mass is 19.4. The van der Waals surface area contributed by atoms with Crippen LogP contribution in [-0.2, 0) is 12.7 Å². The van der Waals surface area contributed by atoms with Gasteiger partial charge < -0.3 is 10.2 Å². The van der Waals surface area contributed by atoms with Gasteiger partial charge in [-0.05, 0) is 18.2 Å². The van der Waals surface area contributed by atoms with Crippen molar-refractivity contribution < 1.29 is 22.4 Å². The molecule has 0 radical (unpaired) electrons. The highest BCUT2D eigenvalue weighted by molar-refractivity contribution is 5.94. The second-order valence-corrected chi connectivity index (χ2v) is 7.19. The number of benzene rings is 1. The van der Waals surface area contributed by atoms with Crippen molar-refractivity contribution in [1.82, 2.24) is 30.0 Å². The van der Waals surface area contributed by atoms with Crippen molar-refractivity contribution in [2.45, 2.75) is 12.7 Å². The summed E-state index contributed by atoms with van der Waals surface area (Å²) in [5, 5.41) is 9.69. The molecule has 12 heteroatoms. The molecular formula is C20H19F4N7O. The lowest BCUT2D eigenvalue weighted by molar-refractivity contribution is -0.140. The minimum atomic E-state index is -4.86. The molecule has 0 spiro atoms. The maximum Gasteiger partial charge on any atom is 0.419 e. The zero-order chi connectivity index (χ0) is 22.7. The molecule has 3 heterocycles. The van der Waals surface area contributed by atoms with Crippen molar-refractivity contribution in [3.8, 4) is 0 Å². The Labute approximate surface area is 180 Å². The molecule has 1 aliphatic heterocycles. The second-order valence-electron chi connectivity index (χ2n) is 7.19. The SMILES string of the molecule is O=C(c1cccc(C(F)(F)F)c1F)N1CCN(Cc2nccc(Nc3ccn[nH]3)n2)CC1. The number of aromatic nitrogens is 4. The molecule has 0 bridgehead atoms. The molecule has 1 saturated heterocycles. The average molecular weight is 449 g/mol. The minimum absolute atomic E-state index is 0.251. The molecule has 1 amide bonds. The van der Waals surface area contributed by atoms with E-state index in [1.54, 1.807) is 24.5 Å². The normalized spacial score (nSPS) is 15.1. The lowest BCUT2D eigenvalue weighted by Gasteiger charge is -2.34. The summed E-state index contributed by atoms with van der Waals surface area (Å²) in [5.74, 6) is -0.451. The van der Waals surface area contributed by atoms with E-state index >= 15 is 0 Å². The number of rotatable bonds is 5. The molecule has 4 rings (SSSR count). The van der Waals surface area contributed by atoms with Gasteiger partial charge in [-0.3, -0.25) is 14.8 Å². The topological polar surface area (TPSA) is 90.0 Å². The van der Waals surface area contributed by atoms with Crippen LogP contribution in [0.5, 0.6) is 0 Å². The van der Waals surface area contributed by atoms with E-state index in [1.165, 1.54) is 4.90 Å². The quantitative estimate of drug-likeness (QED) is 0.582. The first kappa shape index (κ1) is 21.7. The molecule has 1 fully saturated rings. The number of aromatic amines is 1. The van der Waals surface area contributed by atoms with Gasteiger partial charge in [0.05, 0.1) is 23.9 Å². The fourth-order valence-corrected chi connectivity index (χ4v) is 3.40. The van der Waals surface area contributed by atoms with Crippen LogP contribution in [0.25, 0.3) is 0 Å². The number of nitrogens with zero attached hydrogens (tertiary/aromatic N) is 5. The first-order valence-electron chi connectivity index (χ1n) is 9.77. The molecule has 0 atom stereocenters. The van der Waals surface area contributed by atoms with Crippen molar-refractivity contribution in [2.24, 2.45) is 0 Å². The van der Waals surface area contributed by atoms with Gasteiger partial charge in [0.15, 0.2) is 0 Å². The Morgan fingerprint density at radius 1 is 1.09 bits per heavy atom. The number of halogens is 4. The van der Waals surface area contributed by atoms with Crippen LogP contribution in [0.2, 0.25) is 0 Å². The van der Waals surface area contributed by atoms with Crippen LogP contribution < -0.4 is 5.32 Å². The van der Waals surface area contributed by atoms with Crippen LogP contribution in [0.4, 0.5) is 29.2 Å². The molecule has 3 aromatic rings. The molecule has 1 aliphatic rings. The summed E-state index contributed by atoms with van der Waals surface area (Å²) in [4.78, 5) is 24.7. The van der Waals surface area contributed by atoms with Gasteiger partial charge in [0.1, 0.15) is 23.3 Å². The Hall–Kier alpha value is -3.54. The summed E-state index contributed by atoms with van der Waals surface area (Å²) >= 11 is 0. The molecule has 0 unspecified atom stereocenters. The third-order valence-corrected chi connectivity index (χ3v) is 5.03. The summed E-state index contributed by atoms with van der Waals surface area (Å²) < 4.78 is 53.1. The first-order chi connectivity index (χ1) is 15.3. The fourth-order valence-electron chi connectivity index (χ4n) is 3.40. The number of piperazine rings is 1. The Morgan fingerprint density at radius 3 is 2.56 bits per heavy atom. The van der Waals surface area contributed by atoms with Crippen LogP contribution in [0.1, 0.15) is 21.7 Å². The first-order valence-corrected chi connectivity index (χ1v) is 9.77. The largest absolute Gasteiger partial charge is 0.419 e. The predicted octanol–water partition coefficient (Wildman–Crippen LogP) is 3.06. The van der Waals surface area contributed by atoms with E-state index in [0.29, 0.717) is 43.2 Å². The molecule has 2 aromatic heterocycles. The molecule has 8 nitrogen and oxygen atoms in total. The van der Waals surface area contributed by atoms with Crippen molar-refractivity contribution >= 4 is 17.5 Å². The Balaban J connectivity index is 1.36. The van der Waals surface area contributed by atoms with Crippen LogP contribution in [-0.4, -0.2) is 62.1 Å². The monoisotopic (exact) mass is 449 g/mol. The molecule has 0 saturated carbocycles. The number of hydrogen-bond acceptors (Lipinski definition) is 6. The molecule has 2 N–H and O–H groups in total. The number of carbonyl (C=O) groups excluding carboxylic acids is 1. The Kier molecular flexibility index (Phi) is 6.04. The number of alkyl halides is 3. The van der Waals surface area contributed by atoms with Gasteiger partial charge in [-0.25, -0.2) is 14.4 Å². The maximum absolute atomic E-state index is 14.3. The van der Waals surface area contributed by atoms with E-state index in [0.717, 1.165) is 12.1 Å². The van der Waals surface area contributed by atoms with Crippen LogP contribution >= 0.6 is 0 Å². The van der Waals surface area contributed by atoms with E-state index in [9.17, 15) is 22.4 Å². The zero-order valence-corrected chi connectivity index (χ0v) is 16.7. The van der Waals surface area contributed by atoms with E-state index in [4.69, 9.17) is 0 Å². The van der Waals surface area contributed by atoms with Crippen LogP contribution in [0, 0.1) is 5.82 Å². The molecule has 1 aromatic carbocycles. The van der Waals surface area contributed by atoms with Crippen molar-refractivity contribution in [3.63, 3.8) is 0 Å². The van der Waals surface area contributed by atoms with Crippen LogP contribution in [0.3, 0.4) is 0 Å². The fraction of sp³-hybridized carbons (Fsp3) is 0.300. The lowest BCUT2D eigenvalue weighted by Crippen LogP contribution is -2.48. The smallest absolute Gasteiger partial charge is 0.336 e. The summed E-state index contributed by atoms with van der Waals surface area (Å²) in [5.41, 5.74) is -2.02. The summed E-state index contributed by atoms with van der Waals surface area (Å²) in [6.45, 7) is 1.83. The number of nitrogens with one attached hydrogen (secondary N) is 2. The van der Waals surface area contributed by atoms with E-state index in [-0.39, 0.29) is 13.1 Å². The molecule has 0 aliphatic carbocycles. The van der Waals surface area contributed by atoms with E-state index in [2.05, 4.69) is 25.5 Å². The number of anilines is 2.